The van der Waals surface area contributed by atoms with Gasteiger partial charge in [-0.3, -0.25) is 14.4 Å². The number of hydrogen-bond acceptors (Lipinski definition) is 6. The van der Waals surface area contributed by atoms with Crippen LogP contribution in [0.15, 0.2) is 48.5 Å². The molecule has 0 bridgehead atoms. The second-order valence-corrected chi connectivity index (χ2v) is 8.07. The van der Waals surface area contributed by atoms with Gasteiger partial charge in [0.05, 0.1) is 17.6 Å². The Morgan fingerprint density at radius 3 is 2.45 bits per heavy atom. The highest BCUT2D eigenvalue weighted by Gasteiger charge is 2.36. The number of benzene rings is 2. The smallest absolute Gasteiger partial charge is 0.338 e. The highest BCUT2D eigenvalue weighted by atomic mass is 16.5. The van der Waals surface area contributed by atoms with Crippen LogP contribution in [0.1, 0.15) is 43.1 Å². The fourth-order valence-corrected chi connectivity index (χ4v) is 3.57. The molecule has 33 heavy (non-hydrogen) atoms. The van der Waals surface area contributed by atoms with Crippen LogP contribution in [-0.4, -0.2) is 43.0 Å². The molecule has 0 aromatic heterocycles. The molecule has 1 fully saturated rings. The number of carbonyl (C=O) groups excluding carboxylic acids is 4. The lowest BCUT2D eigenvalue weighted by molar-refractivity contribution is -0.151. The molecule has 1 N–H and O–H groups in total. The third-order valence-corrected chi connectivity index (χ3v) is 5.23. The molecule has 174 valence electrons. The van der Waals surface area contributed by atoms with Gasteiger partial charge in [-0.2, -0.15) is 0 Å². The van der Waals surface area contributed by atoms with Gasteiger partial charge in [-0.15, -0.1) is 0 Å². The van der Waals surface area contributed by atoms with E-state index >= 15 is 0 Å². The van der Waals surface area contributed by atoms with Crippen molar-refractivity contribution >= 4 is 35.1 Å². The predicted octanol–water partition coefficient (Wildman–Crippen LogP) is 3.35. The van der Waals surface area contributed by atoms with Crippen LogP contribution in [0, 0.1) is 5.92 Å². The Morgan fingerprint density at radius 1 is 1.09 bits per heavy atom. The number of anilines is 2. The number of esters is 2. The maximum absolute atomic E-state index is 12.5. The van der Waals surface area contributed by atoms with E-state index in [9.17, 15) is 19.2 Å². The number of para-hydroxylation sites is 1. The summed E-state index contributed by atoms with van der Waals surface area (Å²) in [5.41, 5.74) is 2.62. The number of ether oxygens (including phenoxy) is 2. The summed E-state index contributed by atoms with van der Waals surface area (Å²) in [7, 11) is 0. The van der Waals surface area contributed by atoms with E-state index in [1.54, 1.807) is 44.2 Å². The van der Waals surface area contributed by atoms with Gasteiger partial charge in [0.25, 0.3) is 5.91 Å². The number of hydrogen-bond donors (Lipinski definition) is 1. The fraction of sp³-hybridized carbons (Fsp3) is 0.360. The van der Waals surface area contributed by atoms with Crippen LogP contribution < -0.4 is 10.2 Å². The summed E-state index contributed by atoms with van der Waals surface area (Å²) in [6.45, 7) is 5.24. The van der Waals surface area contributed by atoms with E-state index in [2.05, 4.69) is 5.32 Å². The van der Waals surface area contributed by atoms with Crippen molar-refractivity contribution in [1.82, 2.24) is 0 Å². The molecule has 3 rings (SSSR count). The zero-order valence-electron chi connectivity index (χ0n) is 19.0. The fourth-order valence-electron chi connectivity index (χ4n) is 3.57. The first-order valence-electron chi connectivity index (χ1n) is 10.9. The Hall–Kier alpha value is -3.68. The highest BCUT2D eigenvalue weighted by molar-refractivity contribution is 6.00. The zero-order valence-corrected chi connectivity index (χ0v) is 19.0. The zero-order chi connectivity index (χ0) is 24.0. The van der Waals surface area contributed by atoms with Crippen molar-refractivity contribution in [2.75, 3.05) is 23.4 Å². The normalized spacial score (nSPS) is 15.5. The van der Waals surface area contributed by atoms with Gasteiger partial charge >= 0.3 is 11.9 Å². The van der Waals surface area contributed by atoms with Crippen LogP contribution >= 0.6 is 0 Å². The summed E-state index contributed by atoms with van der Waals surface area (Å²) in [4.78, 5) is 50.6. The first kappa shape index (κ1) is 24.0. The van der Waals surface area contributed by atoms with E-state index in [0.29, 0.717) is 16.9 Å². The molecule has 2 aromatic rings. The maximum atomic E-state index is 12.5. The van der Waals surface area contributed by atoms with Gasteiger partial charge in [0, 0.05) is 24.3 Å². The Kier molecular flexibility index (Phi) is 7.82. The molecular formula is C25H28N2O6. The topological polar surface area (TPSA) is 102 Å². The van der Waals surface area contributed by atoms with Crippen molar-refractivity contribution in [2.24, 2.45) is 5.92 Å². The van der Waals surface area contributed by atoms with Gasteiger partial charge in [0.2, 0.25) is 5.91 Å². The number of nitrogens with zero attached hydrogens (tertiary/aromatic N) is 1. The lowest BCUT2D eigenvalue weighted by Gasteiger charge is -2.17. The van der Waals surface area contributed by atoms with E-state index in [0.717, 1.165) is 12.0 Å². The summed E-state index contributed by atoms with van der Waals surface area (Å²) >= 11 is 0. The monoisotopic (exact) mass is 452 g/mol. The molecular weight excluding hydrogens is 424 g/mol. The van der Waals surface area contributed by atoms with E-state index in [-0.39, 0.29) is 25.0 Å². The lowest BCUT2D eigenvalue weighted by atomic mass is 10.1. The number of carbonyl (C=O) groups is 4. The molecule has 0 aliphatic carbocycles. The third kappa shape index (κ3) is 6.19. The summed E-state index contributed by atoms with van der Waals surface area (Å²) in [6, 6.07) is 13.9. The van der Waals surface area contributed by atoms with Crippen molar-refractivity contribution in [2.45, 2.75) is 39.7 Å². The van der Waals surface area contributed by atoms with E-state index in [4.69, 9.17) is 9.47 Å². The van der Waals surface area contributed by atoms with Gasteiger partial charge in [-0.25, -0.2) is 4.79 Å². The molecule has 0 spiro atoms. The van der Waals surface area contributed by atoms with Crippen LogP contribution in [0.4, 0.5) is 11.4 Å². The largest absolute Gasteiger partial charge is 0.459 e. The molecule has 8 heteroatoms. The lowest BCUT2D eigenvalue weighted by Crippen LogP contribution is -2.28. The first-order chi connectivity index (χ1) is 15.8. The number of nitrogens with one attached hydrogen (secondary N) is 1. The van der Waals surface area contributed by atoms with E-state index in [1.165, 1.54) is 4.90 Å². The third-order valence-electron chi connectivity index (χ3n) is 5.23. The molecule has 0 saturated carbocycles. The van der Waals surface area contributed by atoms with Crippen LogP contribution in [0.5, 0.6) is 0 Å². The molecule has 8 nitrogen and oxygen atoms in total. The number of amides is 2. The summed E-state index contributed by atoms with van der Waals surface area (Å²) in [5.74, 6) is -2.36. The molecule has 1 saturated heterocycles. The molecule has 1 heterocycles. The van der Waals surface area contributed by atoms with Gasteiger partial charge < -0.3 is 19.7 Å². The molecule has 1 aliphatic heterocycles. The Bertz CT molecular complexity index is 1030. The van der Waals surface area contributed by atoms with Crippen LogP contribution in [0.3, 0.4) is 0 Å². The molecule has 0 unspecified atom stereocenters. The van der Waals surface area contributed by atoms with Crippen LogP contribution in [0.2, 0.25) is 0 Å². The maximum Gasteiger partial charge on any atom is 0.338 e. The Labute approximate surface area is 192 Å². The SMILES string of the molecule is CCc1ccccc1NC(=O)COC(=O)[C@@H]1CC(=O)N(c2ccc(C(=O)OC(C)C)cc2)C1. The molecule has 1 aliphatic rings. The minimum Gasteiger partial charge on any atom is -0.459 e. The van der Waals surface area contributed by atoms with E-state index < -0.39 is 30.4 Å². The van der Waals surface area contributed by atoms with Gasteiger partial charge in [0.15, 0.2) is 6.61 Å². The second-order valence-electron chi connectivity index (χ2n) is 8.07. The van der Waals surface area contributed by atoms with Crippen molar-refractivity contribution in [3.05, 3.63) is 59.7 Å². The molecule has 2 amide bonds. The Morgan fingerprint density at radius 2 is 1.79 bits per heavy atom. The summed E-state index contributed by atoms with van der Waals surface area (Å²) < 4.78 is 10.3. The van der Waals surface area contributed by atoms with Crippen molar-refractivity contribution in [1.29, 1.82) is 0 Å². The van der Waals surface area contributed by atoms with Crippen LogP contribution in [-0.2, 0) is 30.3 Å². The van der Waals surface area contributed by atoms with Gasteiger partial charge in [0.1, 0.15) is 0 Å². The Balaban J connectivity index is 1.53. The predicted molar refractivity (Wildman–Crippen MR) is 123 cm³/mol. The number of rotatable bonds is 8. The quantitative estimate of drug-likeness (QED) is 0.617. The average Bonchev–Trinajstić information content (AvgIpc) is 3.19. The van der Waals surface area contributed by atoms with Crippen LogP contribution in [0.25, 0.3) is 0 Å². The average molecular weight is 453 g/mol. The standard InChI is InChI=1S/C25H28N2O6/c1-4-17-7-5-6-8-21(17)26-22(28)15-32-24(30)19-13-23(29)27(14-19)20-11-9-18(10-12-20)25(31)33-16(2)3/h5-12,16,19H,4,13-15H2,1-3H3,(H,26,28)/t19-/m1/s1. The molecule has 1 atom stereocenters. The minimum absolute atomic E-state index is 0.00371. The summed E-state index contributed by atoms with van der Waals surface area (Å²) in [5, 5.41) is 2.75. The van der Waals surface area contributed by atoms with Gasteiger partial charge in [-0.05, 0) is 56.2 Å². The minimum atomic E-state index is -0.668. The van der Waals surface area contributed by atoms with Crippen molar-refractivity contribution in [3.63, 3.8) is 0 Å². The molecule has 2 aromatic carbocycles. The summed E-state index contributed by atoms with van der Waals surface area (Å²) in [6.07, 6.45) is 0.527. The molecule has 0 radical (unpaired) electrons. The van der Waals surface area contributed by atoms with E-state index in [1.807, 2.05) is 25.1 Å². The van der Waals surface area contributed by atoms with Crippen molar-refractivity contribution in [3.8, 4) is 0 Å². The first-order valence-corrected chi connectivity index (χ1v) is 10.9. The highest BCUT2D eigenvalue weighted by Crippen LogP contribution is 2.26. The van der Waals surface area contributed by atoms with Gasteiger partial charge in [-0.1, -0.05) is 25.1 Å². The second kappa shape index (κ2) is 10.8. The number of aryl methyl sites for hydroxylation is 1. The van der Waals surface area contributed by atoms with Crippen molar-refractivity contribution < 1.29 is 28.7 Å².